The van der Waals surface area contributed by atoms with Crippen LogP contribution in [0.3, 0.4) is 0 Å². The van der Waals surface area contributed by atoms with E-state index in [2.05, 4.69) is 9.97 Å². The van der Waals surface area contributed by atoms with Crippen LogP contribution < -0.4 is 5.73 Å². The number of nitrogens with zero attached hydrogens (tertiary/aromatic N) is 2. The first-order valence-electron chi connectivity index (χ1n) is 5.76. The summed E-state index contributed by atoms with van der Waals surface area (Å²) in [6.45, 7) is 1.33. The molecule has 0 spiro atoms. The van der Waals surface area contributed by atoms with Gasteiger partial charge in [-0.05, 0) is 19.1 Å². The largest absolute Gasteiger partial charge is 0.477 e. The SMILES string of the molecule is Cc1c(C(=O)O)nc(-c2ccc(C(F)F)nc2)c(F)c1N. The lowest BCUT2D eigenvalue weighted by atomic mass is 10.1. The van der Waals surface area contributed by atoms with Crippen molar-refractivity contribution in [2.45, 2.75) is 13.3 Å². The molecule has 2 aromatic heterocycles. The molecule has 8 heteroatoms. The average Bonchev–Trinajstić information content (AvgIpc) is 2.45. The van der Waals surface area contributed by atoms with Gasteiger partial charge >= 0.3 is 5.97 Å². The number of carbonyl (C=O) groups is 1. The summed E-state index contributed by atoms with van der Waals surface area (Å²) in [5.74, 6) is -2.28. The maximum absolute atomic E-state index is 14.1. The molecule has 0 aromatic carbocycles. The van der Waals surface area contributed by atoms with Crippen LogP contribution in [0.4, 0.5) is 18.9 Å². The van der Waals surface area contributed by atoms with Crippen molar-refractivity contribution in [3.63, 3.8) is 0 Å². The number of carboxylic acids is 1. The second kappa shape index (κ2) is 5.39. The van der Waals surface area contributed by atoms with Crippen LogP contribution >= 0.6 is 0 Å². The van der Waals surface area contributed by atoms with Gasteiger partial charge in [-0.25, -0.2) is 22.9 Å². The predicted octanol–water partition coefficient (Wildman–Crippen LogP) is 2.81. The molecule has 0 aliphatic carbocycles. The molecule has 2 aromatic rings. The van der Waals surface area contributed by atoms with Crippen molar-refractivity contribution in [2.24, 2.45) is 0 Å². The summed E-state index contributed by atoms with van der Waals surface area (Å²) < 4.78 is 38.9. The molecule has 0 radical (unpaired) electrons. The van der Waals surface area contributed by atoms with Crippen LogP contribution in [0.25, 0.3) is 11.3 Å². The molecule has 3 N–H and O–H groups in total. The molecule has 0 aliphatic heterocycles. The van der Waals surface area contributed by atoms with E-state index in [1.54, 1.807) is 0 Å². The van der Waals surface area contributed by atoms with Gasteiger partial charge in [0.05, 0.1) is 5.69 Å². The van der Waals surface area contributed by atoms with E-state index in [-0.39, 0.29) is 22.5 Å². The molecule has 0 aliphatic rings. The quantitative estimate of drug-likeness (QED) is 0.909. The molecule has 0 unspecified atom stereocenters. The third-order valence-electron chi connectivity index (χ3n) is 2.91. The molecule has 0 amide bonds. The highest BCUT2D eigenvalue weighted by molar-refractivity contribution is 5.90. The Hall–Kier alpha value is -2.64. The molecule has 0 saturated heterocycles. The Balaban J connectivity index is 2.60. The minimum Gasteiger partial charge on any atom is -0.477 e. The molecular formula is C13H10F3N3O2. The van der Waals surface area contributed by atoms with Gasteiger partial charge in [-0.15, -0.1) is 0 Å². The van der Waals surface area contributed by atoms with Crippen LogP contribution in [0.15, 0.2) is 18.3 Å². The van der Waals surface area contributed by atoms with Crippen molar-refractivity contribution in [1.82, 2.24) is 9.97 Å². The summed E-state index contributed by atoms with van der Waals surface area (Å²) in [5, 5.41) is 9.01. The first-order chi connectivity index (χ1) is 9.82. The van der Waals surface area contributed by atoms with Crippen LogP contribution in [0.5, 0.6) is 0 Å². The average molecular weight is 297 g/mol. The molecule has 21 heavy (non-hydrogen) atoms. The zero-order valence-corrected chi connectivity index (χ0v) is 10.8. The Bertz CT molecular complexity index is 703. The van der Waals surface area contributed by atoms with Crippen LogP contribution in [0.2, 0.25) is 0 Å². The number of alkyl halides is 2. The molecule has 5 nitrogen and oxygen atoms in total. The molecule has 2 rings (SSSR count). The topological polar surface area (TPSA) is 89.1 Å². The summed E-state index contributed by atoms with van der Waals surface area (Å²) >= 11 is 0. The van der Waals surface area contributed by atoms with Crippen molar-refractivity contribution in [3.8, 4) is 11.3 Å². The Labute approximate surface area is 117 Å². The molecular weight excluding hydrogens is 287 g/mol. The lowest BCUT2D eigenvalue weighted by Gasteiger charge is -2.10. The number of hydrogen-bond donors (Lipinski definition) is 2. The van der Waals surface area contributed by atoms with E-state index in [9.17, 15) is 18.0 Å². The molecule has 110 valence electrons. The first-order valence-corrected chi connectivity index (χ1v) is 5.76. The van der Waals surface area contributed by atoms with Crippen molar-refractivity contribution in [3.05, 3.63) is 41.1 Å². The number of carboxylic acid groups (broad SMARTS) is 1. The van der Waals surface area contributed by atoms with Crippen molar-refractivity contribution < 1.29 is 23.1 Å². The van der Waals surface area contributed by atoms with E-state index in [1.165, 1.54) is 13.0 Å². The number of halogens is 3. The fourth-order valence-corrected chi connectivity index (χ4v) is 1.74. The summed E-state index contributed by atoms with van der Waals surface area (Å²) in [7, 11) is 0. The fourth-order valence-electron chi connectivity index (χ4n) is 1.74. The van der Waals surface area contributed by atoms with Crippen LogP contribution in [0, 0.1) is 12.7 Å². The van der Waals surface area contributed by atoms with Crippen molar-refractivity contribution >= 4 is 11.7 Å². The van der Waals surface area contributed by atoms with Gasteiger partial charge in [-0.2, -0.15) is 0 Å². The summed E-state index contributed by atoms with van der Waals surface area (Å²) in [5.41, 5.74) is 4.01. The van der Waals surface area contributed by atoms with Crippen LogP contribution in [-0.4, -0.2) is 21.0 Å². The maximum Gasteiger partial charge on any atom is 0.354 e. The number of pyridine rings is 2. The van der Waals surface area contributed by atoms with Crippen LogP contribution in [-0.2, 0) is 0 Å². The number of nitrogen functional groups attached to an aromatic ring is 1. The van der Waals surface area contributed by atoms with E-state index in [4.69, 9.17) is 10.8 Å². The van der Waals surface area contributed by atoms with E-state index in [1.807, 2.05) is 0 Å². The molecule has 0 atom stereocenters. The van der Waals surface area contributed by atoms with Gasteiger partial charge in [0.25, 0.3) is 6.43 Å². The maximum atomic E-state index is 14.1. The summed E-state index contributed by atoms with van der Waals surface area (Å²) in [6.07, 6.45) is -1.76. The van der Waals surface area contributed by atoms with Crippen molar-refractivity contribution in [2.75, 3.05) is 5.73 Å². The normalized spacial score (nSPS) is 10.9. The van der Waals surface area contributed by atoms with Crippen LogP contribution in [0.1, 0.15) is 28.2 Å². The van der Waals surface area contributed by atoms with E-state index < -0.39 is 29.6 Å². The minimum absolute atomic E-state index is 0.000842. The van der Waals surface area contributed by atoms with Gasteiger partial charge < -0.3 is 10.8 Å². The van der Waals surface area contributed by atoms with Gasteiger partial charge in [-0.3, -0.25) is 4.98 Å². The number of aromatic nitrogens is 2. The Morgan fingerprint density at radius 2 is 2.05 bits per heavy atom. The smallest absolute Gasteiger partial charge is 0.354 e. The standard InChI is InChI=1S/C13H10F3N3O2/c1-5-9(17)8(14)11(19-10(5)13(20)21)6-2-3-7(12(15)16)18-4-6/h2-4,12H,1H3,(H2,17,19)(H,20,21). The van der Waals surface area contributed by atoms with E-state index in [0.717, 1.165) is 12.3 Å². The molecule has 2 heterocycles. The Kier molecular flexibility index (Phi) is 3.79. The molecule has 0 bridgehead atoms. The third kappa shape index (κ3) is 2.64. The monoisotopic (exact) mass is 297 g/mol. The molecule has 0 saturated carbocycles. The van der Waals surface area contributed by atoms with Gasteiger partial charge in [0, 0.05) is 17.3 Å². The summed E-state index contributed by atoms with van der Waals surface area (Å²) in [6, 6.07) is 2.19. The lowest BCUT2D eigenvalue weighted by molar-refractivity contribution is 0.0689. The highest BCUT2D eigenvalue weighted by Gasteiger charge is 2.20. The Morgan fingerprint density at radius 3 is 2.52 bits per heavy atom. The zero-order valence-electron chi connectivity index (χ0n) is 10.8. The van der Waals surface area contributed by atoms with Crippen molar-refractivity contribution in [1.29, 1.82) is 0 Å². The second-order valence-electron chi connectivity index (χ2n) is 4.24. The highest BCUT2D eigenvalue weighted by Crippen LogP contribution is 2.29. The zero-order chi connectivity index (χ0) is 15.7. The first kappa shape index (κ1) is 14.8. The number of hydrogen-bond acceptors (Lipinski definition) is 4. The van der Waals surface area contributed by atoms with Gasteiger partial charge in [0.15, 0.2) is 11.5 Å². The van der Waals surface area contributed by atoms with Gasteiger partial charge in [0.1, 0.15) is 11.4 Å². The number of rotatable bonds is 3. The predicted molar refractivity (Wildman–Crippen MR) is 68.5 cm³/mol. The third-order valence-corrected chi connectivity index (χ3v) is 2.91. The number of nitrogens with two attached hydrogens (primary N) is 1. The van der Waals surface area contributed by atoms with Gasteiger partial charge in [-0.1, -0.05) is 0 Å². The minimum atomic E-state index is -2.76. The number of aromatic carboxylic acids is 1. The van der Waals surface area contributed by atoms with E-state index >= 15 is 0 Å². The highest BCUT2D eigenvalue weighted by atomic mass is 19.3. The van der Waals surface area contributed by atoms with E-state index in [0.29, 0.717) is 0 Å². The summed E-state index contributed by atoms with van der Waals surface area (Å²) in [4.78, 5) is 18.2. The lowest BCUT2D eigenvalue weighted by Crippen LogP contribution is -2.10. The van der Waals surface area contributed by atoms with Gasteiger partial charge in [0.2, 0.25) is 0 Å². The second-order valence-corrected chi connectivity index (χ2v) is 4.24. The fraction of sp³-hybridized carbons (Fsp3) is 0.154. The Morgan fingerprint density at radius 1 is 1.38 bits per heavy atom. The number of anilines is 1. The molecule has 0 fully saturated rings.